The van der Waals surface area contributed by atoms with Crippen LogP contribution in [0.1, 0.15) is 27.9 Å². The van der Waals surface area contributed by atoms with Gasteiger partial charge in [0.15, 0.2) is 5.78 Å². The number of ketones is 1. The number of nitrogens with zero attached hydrogens (tertiary/aromatic N) is 1. The molecule has 0 amide bonds. The van der Waals surface area contributed by atoms with Crippen molar-refractivity contribution in [3.8, 4) is 0 Å². The topological polar surface area (TPSA) is 20.3 Å². The zero-order valence-corrected chi connectivity index (χ0v) is 12.4. The number of hydrogen-bond donors (Lipinski definition) is 0. The van der Waals surface area contributed by atoms with Crippen molar-refractivity contribution in [1.29, 1.82) is 0 Å². The molecule has 0 fully saturated rings. The summed E-state index contributed by atoms with van der Waals surface area (Å²) in [6.45, 7) is 1.59. The van der Waals surface area contributed by atoms with E-state index in [0.29, 0.717) is 11.4 Å². The van der Waals surface area contributed by atoms with Crippen LogP contribution in [0.15, 0.2) is 54.7 Å². The summed E-state index contributed by atoms with van der Waals surface area (Å²) in [4.78, 5) is 14.3. The van der Waals surface area contributed by atoms with E-state index < -0.39 is 0 Å². The van der Waals surface area contributed by atoms with E-state index in [4.69, 9.17) is 11.6 Å². The molecule has 106 valence electrons. The molecule has 0 aliphatic carbocycles. The maximum absolute atomic E-state index is 12.2. The van der Waals surface area contributed by atoms with E-state index in [2.05, 4.69) is 35.4 Å². The van der Waals surface area contributed by atoms with E-state index in [9.17, 15) is 4.79 Å². The molecule has 0 spiro atoms. The Hall–Kier alpha value is -2.06. The van der Waals surface area contributed by atoms with Gasteiger partial charge in [-0.25, -0.2) is 0 Å². The zero-order valence-electron chi connectivity index (χ0n) is 11.6. The van der Waals surface area contributed by atoms with Crippen LogP contribution in [-0.2, 0) is 6.54 Å². The second-order valence-electron chi connectivity index (χ2n) is 5.17. The van der Waals surface area contributed by atoms with E-state index in [1.54, 1.807) is 24.3 Å². The Kier molecular flexibility index (Phi) is 4.07. The van der Waals surface area contributed by atoms with Gasteiger partial charge in [0, 0.05) is 30.1 Å². The first-order valence-corrected chi connectivity index (χ1v) is 7.39. The number of rotatable bonds is 4. The summed E-state index contributed by atoms with van der Waals surface area (Å²) in [5.41, 5.74) is 3.29. The minimum Gasteiger partial charge on any atom is -0.373 e. The molecule has 2 aromatic rings. The maximum atomic E-state index is 12.2. The van der Waals surface area contributed by atoms with Crippen LogP contribution in [0.4, 0.5) is 0 Å². The molecule has 0 N–H and O–H groups in total. The summed E-state index contributed by atoms with van der Waals surface area (Å²) < 4.78 is 0. The first-order valence-electron chi connectivity index (χ1n) is 7.01. The minimum absolute atomic E-state index is 0.152. The van der Waals surface area contributed by atoms with Crippen molar-refractivity contribution in [2.45, 2.75) is 13.0 Å². The van der Waals surface area contributed by atoms with Gasteiger partial charge < -0.3 is 4.90 Å². The molecule has 1 heterocycles. The predicted octanol–water partition coefficient (Wildman–Crippen LogP) is 4.40. The lowest BCUT2D eigenvalue weighted by molar-refractivity contribution is 0.0971. The summed E-state index contributed by atoms with van der Waals surface area (Å²) in [6, 6.07) is 15.4. The van der Waals surface area contributed by atoms with Crippen LogP contribution in [-0.4, -0.2) is 17.2 Å². The lowest BCUT2D eigenvalue weighted by Gasteiger charge is -2.25. The monoisotopic (exact) mass is 297 g/mol. The smallest absolute Gasteiger partial charge is 0.164 e. The van der Waals surface area contributed by atoms with E-state index in [-0.39, 0.29) is 5.78 Å². The fraction of sp³-hybridized carbons (Fsp3) is 0.167. The van der Waals surface area contributed by atoms with Gasteiger partial charge in [0.25, 0.3) is 0 Å². The van der Waals surface area contributed by atoms with Gasteiger partial charge >= 0.3 is 0 Å². The molecule has 0 atom stereocenters. The molecule has 0 aromatic heterocycles. The van der Waals surface area contributed by atoms with Crippen molar-refractivity contribution in [1.82, 2.24) is 4.90 Å². The molecule has 0 radical (unpaired) electrons. The molecular formula is C18H16ClNO. The van der Waals surface area contributed by atoms with Gasteiger partial charge in [-0.15, -0.1) is 0 Å². The van der Waals surface area contributed by atoms with Crippen molar-refractivity contribution < 1.29 is 4.79 Å². The molecule has 2 aromatic carbocycles. The van der Waals surface area contributed by atoms with Crippen LogP contribution in [0.3, 0.4) is 0 Å². The third kappa shape index (κ3) is 3.34. The quantitative estimate of drug-likeness (QED) is 0.780. The Morgan fingerprint density at radius 1 is 1.10 bits per heavy atom. The SMILES string of the molecule is O=C(CCN1C=Cc2ccccc2C1)c1ccc(Cl)cc1. The van der Waals surface area contributed by atoms with Gasteiger partial charge in [-0.1, -0.05) is 35.9 Å². The predicted molar refractivity (Wildman–Crippen MR) is 86.3 cm³/mol. The van der Waals surface area contributed by atoms with Crippen molar-refractivity contribution in [2.24, 2.45) is 0 Å². The molecule has 1 aliphatic rings. The molecule has 0 saturated carbocycles. The standard InChI is InChI=1S/C18H16ClNO/c19-17-7-5-15(6-8-17)18(21)10-12-20-11-9-14-3-1-2-4-16(14)13-20/h1-9,11H,10,12-13H2. The van der Waals surface area contributed by atoms with Crippen molar-refractivity contribution in [3.05, 3.63) is 76.4 Å². The number of fused-ring (bicyclic) bond motifs is 1. The third-order valence-electron chi connectivity index (χ3n) is 3.69. The number of benzene rings is 2. The fourth-order valence-electron chi connectivity index (χ4n) is 2.48. The molecule has 0 bridgehead atoms. The van der Waals surface area contributed by atoms with Crippen LogP contribution in [0, 0.1) is 0 Å². The van der Waals surface area contributed by atoms with E-state index in [1.165, 1.54) is 11.1 Å². The van der Waals surface area contributed by atoms with Crippen LogP contribution in [0.2, 0.25) is 5.02 Å². The van der Waals surface area contributed by atoms with Gasteiger partial charge in [-0.05, 0) is 47.7 Å². The highest BCUT2D eigenvalue weighted by Gasteiger charge is 2.12. The van der Waals surface area contributed by atoms with E-state index >= 15 is 0 Å². The highest BCUT2D eigenvalue weighted by atomic mass is 35.5. The summed E-state index contributed by atoms with van der Waals surface area (Å²) in [6.07, 6.45) is 4.68. The molecular weight excluding hydrogens is 282 g/mol. The third-order valence-corrected chi connectivity index (χ3v) is 3.94. The second-order valence-corrected chi connectivity index (χ2v) is 5.60. The maximum Gasteiger partial charge on any atom is 0.164 e. The number of carbonyl (C=O) groups excluding carboxylic acids is 1. The van der Waals surface area contributed by atoms with Crippen LogP contribution >= 0.6 is 11.6 Å². The van der Waals surface area contributed by atoms with Crippen molar-refractivity contribution in [2.75, 3.05) is 6.54 Å². The largest absolute Gasteiger partial charge is 0.373 e. The Bertz CT molecular complexity index is 676. The summed E-state index contributed by atoms with van der Waals surface area (Å²) in [5, 5.41) is 0.655. The average Bonchev–Trinajstić information content (AvgIpc) is 2.53. The van der Waals surface area contributed by atoms with Gasteiger partial charge in [-0.3, -0.25) is 4.79 Å². The number of Topliss-reactive ketones (excluding diaryl/α,β-unsaturated/α-hetero) is 1. The highest BCUT2D eigenvalue weighted by molar-refractivity contribution is 6.30. The summed E-state index contributed by atoms with van der Waals surface area (Å²) in [5.74, 6) is 0.152. The first kappa shape index (κ1) is 13.9. The summed E-state index contributed by atoms with van der Waals surface area (Å²) >= 11 is 5.83. The number of hydrogen-bond acceptors (Lipinski definition) is 2. The van der Waals surface area contributed by atoms with Crippen molar-refractivity contribution >= 4 is 23.5 Å². The number of carbonyl (C=O) groups is 1. The molecule has 21 heavy (non-hydrogen) atoms. The lowest BCUT2D eigenvalue weighted by Crippen LogP contribution is -2.23. The van der Waals surface area contributed by atoms with Crippen LogP contribution in [0.5, 0.6) is 0 Å². The number of halogens is 1. The molecule has 3 rings (SSSR count). The summed E-state index contributed by atoms with van der Waals surface area (Å²) in [7, 11) is 0. The van der Waals surface area contributed by atoms with Gasteiger partial charge in [0.1, 0.15) is 0 Å². The van der Waals surface area contributed by atoms with Gasteiger partial charge in [0.05, 0.1) is 0 Å². The molecule has 1 aliphatic heterocycles. The Morgan fingerprint density at radius 3 is 2.67 bits per heavy atom. The average molecular weight is 298 g/mol. The molecule has 2 nitrogen and oxygen atoms in total. The Labute approximate surface area is 129 Å². The van der Waals surface area contributed by atoms with E-state index in [1.807, 2.05) is 6.07 Å². The van der Waals surface area contributed by atoms with Gasteiger partial charge in [0.2, 0.25) is 0 Å². The first-order chi connectivity index (χ1) is 10.2. The minimum atomic E-state index is 0.152. The fourth-order valence-corrected chi connectivity index (χ4v) is 2.60. The Balaban J connectivity index is 1.59. The van der Waals surface area contributed by atoms with Crippen LogP contribution in [0.25, 0.3) is 6.08 Å². The molecule has 0 saturated heterocycles. The van der Waals surface area contributed by atoms with Crippen LogP contribution < -0.4 is 0 Å². The molecule has 3 heteroatoms. The van der Waals surface area contributed by atoms with Gasteiger partial charge in [-0.2, -0.15) is 0 Å². The molecule has 0 unspecified atom stereocenters. The Morgan fingerprint density at radius 2 is 1.86 bits per heavy atom. The highest BCUT2D eigenvalue weighted by Crippen LogP contribution is 2.19. The second kappa shape index (κ2) is 6.15. The van der Waals surface area contributed by atoms with E-state index in [0.717, 1.165) is 18.7 Å². The zero-order chi connectivity index (χ0) is 14.7. The lowest BCUT2D eigenvalue weighted by atomic mass is 10.0. The normalized spacial score (nSPS) is 13.1. The van der Waals surface area contributed by atoms with Crippen molar-refractivity contribution in [3.63, 3.8) is 0 Å².